The van der Waals surface area contributed by atoms with Crippen molar-refractivity contribution in [1.82, 2.24) is 15.2 Å². The van der Waals surface area contributed by atoms with Crippen molar-refractivity contribution in [3.05, 3.63) is 35.7 Å². The third-order valence-corrected chi connectivity index (χ3v) is 3.10. The van der Waals surface area contributed by atoms with Crippen molar-refractivity contribution >= 4 is 0 Å². The fourth-order valence-electron chi connectivity index (χ4n) is 1.74. The third kappa shape index (κ3) is 2.61. The third-order valence-electron chi connectivity index (χ3n) is 3.10. The first-order valence-electron chi connectivity index (χ1n) is 6.40. The highest BCUT2D eigenvalue weighted by molar-refractivity contribution is 5.54. The molecule has 0 bridgehead atoms. The first kappa shape index (κ1) is 12.8. The molecule has 1 N–H and O–H groups in total. The van der Waals surface area contributed by atoms with E-state index in [1.165, 1.54) is 5.56 Å². The Balaban J connectivity index is 2.29. The minimum Gasteiger partial charge on any atom is -0.281 e. The molecule has 0 aliphatic carbocycles. The normalized spacial score (nSPS) is 12.1. The molecule has 0 aliphatic heterocycles. The molecule has 2 aromatic rings. The van der Waals surface area contributed by atoms with E-state index in [1.807, 2.05) is 12.3 Å². The molecule has 2 rings (SSSR count). The molecule has 0 saturated heterocycles. The van der Waals surface area contributed by atoms with E-state index in [1.54, 1.807) is 0 Å². The molecule has 0 atom stereocenters. The lowest BCUT2D eigenvalue weighted by molar-refractivity contribution is 0.567. The molecule has 0 fully saturated rings. The number of aromatic amines is 1. The molecular weight excluding hydrogens is 222 g/mol. The molecule has 3 nitrogen and oxygen atoms in total. The Morgan fingerprint density at radius 2 is 1.83 bits per heavy atom. The summed E-state index contributed by atoms with van der Waals surface area (Å²) < 4.78 is 0. The van der Waals surface area contributed by atoms with Crippen LogP contribution in [0.5, 0.6) is 0 Å². The van der Waals surface area contributed by atoms with Gasteiger partial charge in [-0.25, -0.2) is 0 Å². The van der Waals surface area contributed by atoms with Gasteiger partial charge in [-0.05, 0) is 23.6 Å². The zero-order chi connectivity index (χ0) is 13.3. The summed E-state index contributed by atoms with van der Waals surface area (Å²) in [4.78, 5) is 4.48. The molecule has 18 heavy (non-hydrogen) atoms. The molecule has 0 aromatic carbocycles. The second-order valence-electron chi connectivity index (χ2n) is 6.05. The lowest BCUT2D eigenvalue weighted by atomic mass is 9.92. The van der Waals surface area contributed by atoms with E-state index in [2.05, 4.69) is 61.9 Å². The van der Waals surface area contributed by atoms with Crippen molar-refractivity contribution in [1.29, 1.82) is 0 Å². The molecule has 96 valence electrons. The summed E-state index contributed by atoms with van der Waals surface area (Å²) in [6, 6.07) is 6.24. The Kier molecular flexibility index (Phi) is 3.24. The zero-order valence-electron chi connectivity index (χ0n) is 11.8. The number of H-pyrrole nitrogens is 1. The maximum atomic E-state index is 4.48. The summed E-state index contributed by atoms with van der Waals surface area (Å²) in [5.74, 6) is 0.510. The summed E-state index contributed by atoms with van der Waals surface area (Å²) in [6.07, 6.45) is 1.94. The van der Waals surface area contributed by atoms with Crippen LogP contribution in [0.2, 0.25) is 0 Å². The molecule has 3 heteroatoms. The summed E-state index contributed by atoms with van der Waals surface area (Å²) in [5.41, 5.74) is 4.31. The van der Waals surface area contributed by atoms with E-state index >= 15 is 0 Å². The topological polar surface area (TPSA) is 41.6 Å². The van der Waals surface area contributed by atoms with Crippen molar-refractivity contribution in [2.45, 2.75) is 46.0 Å². The Hall–Kier alpha value is -1.64. The van der Waals surface area contributed by atoms with Crippen molar-refractivity contribution in [3.63, 3.8) is 0 Å². The van der Waals surface area contributed by atoms with E-state index in [9.17, 15) is 0 Å². The number of aromatic nitrogens is 3. The molecule has 2 aromatic heterocycles. The Labute approximate surface area is 109 Å². The number of rotatable bonds is 2. The van der Waals surface area contributed by atoms with Gasteiger partial charge in [-0.3, -0.25) is 10.1 Å². The van der Waals surface area contributed by atoms with Gasteiger partial charge in [0.25, 0.3) is 0 Å². The largest absolute Gasteiger partial charge is 0.281 e. The van der Waals surface area contributed by atoms with E-state index in [0.717, 1.165) is 17.1 Å². The minimum absolute atomic E-state index is 0.0864. The number of hydrogen-bond donors (Lipinski definition) is 1. The van der Waals surface area contributed by atoms with Gasteiger partial charge in [0.05, 0.1) is 5.69 Å². The van der Waals surface area contributed by atoms with Crippen LogP contribution in [-0.2, 0) is 5.41 Å². The second-order valence-corrected chi connectivity index (χ2v) is 6.05. The molecule has 0 spiro atoms. The van der Waals surface area contributed by atoms with Gasteiger partial charge in [-0.1, -0.05) is 40.7 Å². The average Bonchev–Trinajstić information content (AvgIpc) is 2.78. The summed E-state index contributed by atoms with van der Waals surface area (Å²) in [5, 5.41) is 7.43. The SMILES string of the molecule is CC(C)c1ccc(-c2cc(C(C)(C)C)[nH]n2)nc1. The van der Waals surface area contributed by atoms with Gasteiger partial charge < -0.3 is 0 Å². The van der Waals surface area contributed by atoms with Crippen molar-refractivity contribution in [2.75, 3.05) is 0 Å². The van der Waals surface area contributed by atoms with Crippen LogP contribution < -0.4 is 0 Å². The van der Waals surface area contributed by atoms with Crippen molar-refractivity contribution in [2.24, 2.45) is 0 Å². The average molecular weight is 243 g/mol. The van der Waals surface area contributed by atoms with Crippen LogP contribution in [0.3, 0.4) is 0 Å². The van der Waals surface area contributed by atoms with Crippen LogP contribution in [-0.4, -0.2) is 15.2 Å². The van der Waals surface area contributed by atoms with Crippen molar-refractivity contribution in [3.8, 4) is 11.4 Å². The first-order chi connectivity index (χ1) is 8.38. The highest BCUT2D eigenvalue weighted by atomic mass is 15.1. The summed E-state index contributed by atoms with van der Waals surface area (Å²) >= 11 is 0. The molecule has 0 aliphatic rings. The van der Waals surface area contributed by atoms with Crippen LogP contribution in [0.25, 0.3) is 11.4 Å². The Morgan fingerprint density at radius 1 is 1.11 bits per heavy atom. The van der Waals surface area contributed by atoms with Gasteiger partial charge in [0.2, 0.25) is 0 Å². The minimum atomic E-state index is 0.0864. The summed E-state index contributed by atoms with van der Waals surface area (Å²) in [6.45, 7) is 10.8. The van der Waals surface area contributed by atoms with Crippen LogP contribution in [0.1, 0.15) is 51.8 Å². The van der Waals surface area contributed by atoms with Gasteiger partial charge in [0.15, 0.2) is 0 Å². The van der Waals surface area contributed by atoms with E-state index in [0.29, 0.717) is 5.92 Å². The molecule has 0 radical (unpaired) electrons. The van der Waals surface area contributed by atoms with E-state index < -0.39 is 0 Å². The molecule has 2 heterocycles. The van der Waals surface area contributed by atoms with Gasteiger partial charge in [-0.15, -0.1) is 0 Å². The predicted octanol–water partition coefficient (Wildman–Crippen LogP) is 3.89. The van der Waals surface area contributed by atoms with Gasteiger partial charge >= 0.3 is 0 Å². The molecule has 0 amide bonds. The van der Waals surface area contributed by atoms with Gasteiger partial charge in [-0.2, -0.15) is 5.10 Å². The first-order valence-corrected chi connectivity index (χ1v) is 6.40. The van der Waals surface area contributed by atoms with Crippen molar-refractivity contribution < 1.29 is 0 Å². The lowest BCUT2D eigenvalue weighted by Crippen LogP contribution is -2.11. The number of nitrogens with one attached hydrogen (secondary N) is 1. The Morgan fingerprint density at radius 3 is 2.28 bits per heavy atom. The molecule has 0 unspecified atom stereocenters. The number of hydrogen-bond acceptors (Lipinski definition) is 2. The fraction of sp³-hybridized carbons (Fsp3) is 0.467. The highest BCUT2D eigenvalue weighted by Gasteiger charge is 2.17. The number of nitrogens with zero attached hydrogens (tertiary/aromatic N) is 2. The fourth-order valence-corrected chi connectivity index (χ4v) is 1.74. The monoisotopic (exact) mass is 243 g/mol. The number of pyridine rings is 1. The molecule has 0 saturated carbocycles. The highest BCUT2D eigenvalue weighted by Crippen LogP contribution is 2.24. The van der Waals surface area contributed by atoms with Gasteiger partial charge in [0, 0.05) is 17.3 Å². The standard InChI is InChI=1S/C15H21N3/c1-10(2)11-6-7-12(16-9-11)13-8-14(18-17-13)15(3,4)5/h6-10H,1-5H3,(H,17,18). The van der Waals surface area contributed by atoms with Gasteiger partial charge in [0.1, 0.15) is 5.69 Å². The predicted molar refractivity (Wildman–Crippen MR) is 74.6 cm³/mol. The maximum absolute atomic E-state index is 4.48. The quantitative estimate of drug-likeness (QED) is 0.869. The zero-order valence-corrected chi connectivity index (χ0v) is 11.8. The molecular formula is C15H21N3. The Bertz CT molecular complexity index is 515. The van der Waals surface area contributed by atoms with E-state index in [4.69, 9.17) is 0 Å². The smallest absolute Gasteiger partial charge is 0.111 e. The summed E-state index contributed by atoms with van der Waals surface area (Å²) in [7, 11) is 0. The van der Waals surface area contributed by atoms with Crippen LogP contribution in [0, 0.1) is 0 Å². The maximum Gasteiger partial charge on any atom is 0.111 e. The van der Waals surface area contributed by atoms with Crippen LogP contribution in [0.4, 0.5) is 0 Å². The second kappa shape index (κ2) is 4.56. The van der Waals surface area contributed by atoms with Crippen LogP contribution >= 0.6 is 0 Å². The van der Waals surface area contributed by atoms with E-state index in [-0.39, 0.29) is 5.41 Å². The van der Waals surface area contributed by atoms with Crippen LogP contribution in [0.15, 0.2) is 24.4 Å². The lowest BCUT2D eigenvalue weighted by Gasteiger charge is -2.14.